The van der Waals surface area contributed by atoms with E-state index in [1.165, 1.54) is 6.92 Å². The molecule has 0 saturated carbocycles. The van der Waals surface area contributed by atoms with Gasteiger partial charge >= 0.3 is 5.97 Å². The average molecular weight is 335 g/mol. The van der Waals surface area contributed by atoms with Crippen molar-refractivity contribution in [1.82, 2.24) is 5.32 Å². The first-order valence-electron chi connectivity index (χ1n) is 7.83. The monoisotopic (exact) mass is 335 g/mol. The van der Waals surface area contributed by atoms with Crippen molar-refractivity contribution in [3.05, 3.63) is 29.8 Å². The molecule has 0 aromatic heterocycles. The van der Waals surface area contributed by atoms with Gasteiger partial charge in [0.15, 0.2) is 0 Å². The highest BCUT2D eigenvalue weighted by Gasteiger charge is 2.19. The van der Waals surface area contributed by atoms with Crippen LogP contribution in [0.4, 0.5) is 5.69 Å². The van der Waals surface area contributed by atoms with Crippen molar-refractivity contribution in [2.75, 3.05) is 11.9 Å². The lowest BCUT2D eigenvalue weighted by molar-refractivity contribution is -0.142. The van der Waals surface area contributed by atoms with Crippen LogP contribution in [0.2, 0.25) is 0 Å². The standard InChI is InChI=1S/C17H25N3O4/c1-11(2)15(20-17(23)9-18)8-16(22)19-14-6-4-13(5-7-14)10-24-12(3)21/h4-7,11,15H,8-10,18H2,1-3H3,(H,19,22)(H,20,23). The molecule has 7 nitrogen and oxygen atoms in total. The number of hydrogen-bond acceptors (Lipinski definition) is 5. The molecule has 0 aliphatic rings. The highest BCUT2D eigenvalue weighted by atomic mass is 16.5. The molecule has 7 heteroatoms. The number of benzene rings is 1. The quantitative estimate of drug-likeness (QED) is 0.618. The number of rotatable bonds is 8. The molecule has 0 fully saturated rings. The van der Waals surface area contributed by atoms with Gasteiger partial charge in [0.05, 0.1) is 6.54 Å². The summed E-state index contributed by atoms with van der Waals surface area (Å²) < 4.78 is 4.90. The zero-order valence-corrected chi connectivity index (χ0v) is 14.3. The van der Waals surface area contributed by atoms with Gasteiger partial charge in [0, 0.05) is 25.1 Å². The van der Waals surface area contributed by atoms with Crippen molar-refractivity contribution in [3.8, 4) is 0 Å². The molecule has 0 spiro atoms. The molecule has 1 atom stereocenters. The second-order valence-corrected chi connectivity index (χ2v) is 5.85. The van der Waals surface area contributed by atoms with Crippen LogP contribution < -0.4 is 16.4 Å². The van der Waals surface area contributed by atoms with Crippen LogP contribution in [-0.4, -0.2) is 30.4 Å². The maximum Gasteiger partial charge on any atom is 0.302 e. The minimum Gasteiger partial charge on any atom is -0.461 e. The summed E-state index contributed by atoms with van der Waals surface area (Å²) in [5, 5.41) is 5.53. The average Bonchev–Trinajstić information content (AvgIpc) is 2.53. The van der Waals surface area contributed by atoms with Crippen molar-refractivity contribution < 1.29 is 19.1 Å². The van der Waals surface area contributed by atoms with Gasteiger partial charge in [-0.3, -0.25) is 14.4 Å². The normalized spacial score (nSPS) is 11.7. The second-order valence-electron chi connectivity index (χ2n) is 5.85. The smallest absolute Gasteiger partial charge is 0.302 e. The largest absolute Gasteiger partial charge is 0.461 e. The number of nitrogens with one attached hydrogen (secondary N) is 2. The van der Waals surface area contributed by atoms with E-state index >= 15 is 0 Å². The van der Waals surface area contributed by atoms with E-state index in [0.29, 0.717) is 5.69 Å². The van der Waals surface area contributed by atoms with Crippen molar-refractivity contribution >= 4 is 23.5 Å². The summed E-state index contributed by atoms with van der Waals surface area (Å²) >= 11 is 0. The van der Waals surface area contributed by atoms with Crippen molar-refractivity contribution in [1.29, 1.82) is 0 Å². The third-order valence-corrected chi connectivity index (χ3v) is 3.42. The van der Waals surface area contributed by atoms with E-state index in [0.717, 1.165) is 5.56 Å². The molecule has 1 aromatic rings. The number of esters is 1. The molecular formula is C17H25N3O4. The molecular weight excluding hydrogens is 310 g/mol. The first-order valence-corrected chi connectivity index (χ1v) is 7.83. The number of hydrogen-bond donors (Lipinski definition) is 3. The summed E-state index contributed by atoms with van der Waals surface area (Å²) in [6.07, 6.45) is 0.165. The van der Waals surface area contributed by atoms with Crippen LogP contribution in [0.25, 0.3) is 0 Å². The van der Waals surface area contributed by atoms with Crippen LogP contribution in [0.1, 0.15) is 32.8 Å². The molecule has 1 rings (SSSR count). The van der Waals surface area contributed by atoms with E-state index in [-0.39, 0.29) is 49.3 Å². The topological polar surface area (TPSA) is 111 Å². The number of carbonyl (C=O) groups is 3. The van der Waals surface area contributed by atoms with Crippen molar-refractivity contribution in [2.24, 2.45) is 11.7 Å². The third-order valence-electron chi connectivity index (χ3n) is 3.42. The zero-order chi connectivity index (χ0) is 18.1. The molecule has 0 radical (unpaired) electrons. The van der Waals surface area contributed by atoms with Gasteiger partial charge in [-0.1, -0.05) is 26.0 Å². The lowest BCUT2D eigenvalue weighted by atomic mass is 10.0. The van der Waals surface area contributed by atoms with E-state index in [1.807, 2.05) is 13.8 Å². The SMILES string of the molecule is CC(=O)OCc1ccc(NC(=O)CC(NC(=O)CN)C(C)C)cc1. The van der Waals surface area contributed by atoms with Crippen LogP contribution in [0.15, 0.2) is 24.3 Å². The van der Waals surface area contributed by atoms with Gasteiger partial charge in [-0.25, -0.2) is 0 Å². The molecule has 4 N–H and O–H groups in total. The zero-order valence-electron chi connectivity index (χ0n) is 14.3. The molecule has 0 aliphatic carbocycles. The van der Waals surface area contributed by atoms with Gasteiger partial charge in [-0.2, -0.15) is 0 Å². The number of anilines is 1. The Hall–Kier alpha value is -2.41. The van der Waals surface area contributed by atoms with E-state index in [4.69, 9.17) is 10.5 Å². The Balaban J connectivity index is 2.56. The molecule has 0 heterocycles. The first-order chi connectivity index (χ1) is 11.3. The van der Waals surface area contributed by atoms with Gasteiger partial charge in [-0.05, 0) is 23.6 Å². The summed E-state index contributed by atoms with van der Waals surface area (Å²) in [4.78, 5) is 34.3. The number of amides is 2. The fraction of sp³-hybridized carbons (Fsp3) is 0.471. The van der Waals surface area contributed by atoms with E-state index in [2.05, 4.69) is 10.6 Å². The Morgan fingerprint density at radius 1 is 1.12 bits per heavy atom. The summed E-state index contributed by atoms with van der Waals surface area (Å²) in [5.41, 5.74) is 6.76. The van der Waals surface area contributed by atoms with Gasteiger partial charge in [0.1, 0.15) is 6.61 Å². The first kappa shape index (κ1) is 19.6. The highest BCUT2D eigenvalue weighted by Crippen LogP contribution is 2.13. The van der Waals surface area contributed by atoms with Crippen LogP contribution in [-0.2, 0) is 25.7 Å². The van der Waals surface area contributed by atoms with E-state index in [1.54, 1.807) is 24.3 Å². The Morgan fingerprint density at radius 3 is 2.25 bits per heavy atom. The van der Waals surface area contributed by atoms with Crippen LogP contribution >= 0.6 is 0 Å². The molecule has 1 unspecified atom stereocenters. The fourth-order valence-electron chi connectivity index (χ4n) is 2.00. The van der Waals surface area contributed by atoms with Gasteiger partial charge < -0.3 is 21.1 Å². The summed E-state index contributed by atoms with van der Waals surface area (Å²) in [6.45, 7) is 5.30. The van der Waals surface area contributed by atoms with Crippen LogP contribution in [0.5, 0.6) is 0 Å². The minimum absolute atomic E-state index is 0.103. The van der Waals surface area contributed by atoms with E-state index in [9.17, 15) is 14.4 Å². The maximum atomic E-state index is 12.1. The molecule has 132 valence electrons. The third kappa shape index (κ3) is 7.23. The number of nitrogens with two attached hydrogens (primary N) is 1. The Morgan fingerprint density at radius 2 is 1.75 bits per heavy atom. The van der Waals surface area contributed by atoms with Gasteiger partial charge in [-0.15, -0.1) is 0 Å². The van der Waals surface area contributed by atoms with Crippen LogP contribution in [0, 0.1) is 5.92 Å². The highest BCUT2D eigenvalue weighted by molar-refractivity contribution is 5.91. The molecule has 0 bridgehead atoms. The maximum absolute atomic E-state index is 12.1. The van der Waals surface area contributed by atoms with Gasteiger partial charge in [0.25, 0.3) is 0 Å². The molecule has 24 heavy (non-hydrogen) atoms. The summed E-state index contributed by atoms with van der Waals surface area (Å²) in [6, 6.07) is 6.74. The predicted octanol–water partition coefficient (Wildman–Crippen LogP) is 1.18. The number of ether oxygens (including phenoxy) is 1. The molecule has 1 aromatic carbocycles. The van der Waals surface area contributed by atoms with Crippen molar-refractivity contribution in [3.63, 3.8) is 0 Å². The van der Waals surface area contributed by atoms with E-state index < -0.39 is 0 Å². The lowest BCUT2D eigenvalue weighted by Gasteiger charge is -2.21. The second kappa shape index (κ2) is 9.67. The van der Waals surface area contributed by atoms with Crippen LogP contribution in [0.3, 0.4) is 0 Å². The molecule has 0 aliphatic heterocycles. The predicted molar refractivity (Wildman–Crippen MR) is 91.0 cm³/mol. The number of carbonyl (C=O) groups excluding carboxylic acids is 3. The minimum atomic E-state index is -0.341. The van der Waals surface area contributed by atoms with Gasteiger partial charge in [0.2, 0.25) is 11.8 Å². The summed E-state index contributed by atoms with van der Waals surface area (Å²) in [7, 11) is 0. The Bertz CT molecular complexity index is 570. The lowest BCUT2D eigenvalue weighted by Crippen LogP contribution is -2.43. The molecule has 0 saturated heterocycles. The van der Waals surface area contributed by atoms with Crippen molar-refractivity contribution in [2.45, 2.75) is 39.8 Å². The molecule has 2 amide bonds. The Kier molecular flexibility index (Phi) is 7.91. The Labute approximate surface area is 141 Å². The summed E-state index contributed by atoms with van der Waals surface area (Å²) in [5.74, 6) is -0.709. The fourth-order valence-corrected chi connectivity index (χ4v) is 2.00.